The van der Waals surface area contributed by atoms with Crippen molar-refractivity contribution in [1.29, 1.82) is 0 Å². The maximum atomic E-state index is 11.7. The Balaban J connectivity index is 2.53. The number of carbonyl (C=O) groups excluding carboxylic acids is 1. The Hall–Kier alpha value is -1.85. The maximum Gasteiger partial charge on any atom is 0.438 e. The van der Waals surface area contributed by atoms with Crippen LogP contribution in [0.2, 0.25) is 10.0 Å². The molecule has 0 saturated heterocycles. The average molecular weight is 327 g/mol. The molecule has 0 bridgehead atoms. The van der Waals surface area contributed by atoms with E-state index in [1.807, 2.05) is 0 Å². The van der Waals surface area contributed by atoms with E-state index in [2.05, 4.69) is 5.10 Å². The van der Waals surface area contributed by atoms with E-state index in [0.29, 0.717) is 26.0 Å². The van der Waals surface area contributed by atoms with E-state index in [0.717, 1.165) is 5.56 Å². The van der Waals surface area contributed by atoms with Gasteiger partial charge in [-0.25, -0.2) is 4.79 Å². The number of halogens is 2. The van der Waals surface area contributed by atoms with Gasteiger partial charge in [0.05, 0.1) is 12.3 Å². The van der Waals surface area contributed by atoms with Gasteiger partial charge in [0.2, 0.25) is 0 Å². The third-order valence-corrected chi connectivity index (χ3v) is 3.60. The molecular weight excluding hydrogens is 315 g/mol. The molecule has 0 spiro atoms. The molecule has 0 saturated carbocycles. The SMILES string of the molecule is CCOC(=O)n1nc(-c2cc(Cl)c(C)c(Cl)c2)ccc1=O. The first-order valence-corrected chi connectivity index (χ1v) is 6.93. The van der Waals surface area contributed by atoms with Gasteiger partial charge in [-0.2, -0.15) is 5.10 Å². The molecule has 2 rings (SSSR count). The van der Waals surface area contributed by atoms with Crippen molar-refractivity contribution < 1.29 is 9.53 Å². The van der Waals surface area contributed by atoms with Gasteiger partial charge in [-0.15, -0.1) is 4.68 Å². The number of rotatable bonds is 2. The summed E-state index contributed by atoms with van der Waals surface area (Å²) in [5.74, 6) is 0. The molecule has 2 aromatic rings. The van der Waals surface area contributed by atoms with Crippen LogP contribution >= 0.6 is 23.2 Å². The Morgan fingerprint density at radius 1 is 1.29 bits per heavy atom. The first-order valence-electron chi connectivity index (χ1n) is 6.17. The van der Waals surface area contributed by atoms with Crippen molar-refractivity contribution in [2.45, 2.75) is 13.8 Å². The van der Waals surface area contributed by atoms with Gasteiger partial charge in [0.1, 0.15) is 0 Å². The largest absolute Gasteiger partial charge is 0.448 e. The van der Waals surface area contributed by atoms with Crippen LogP contribution in [0, 0.1) is 6.92 Å². The highest BCUT2D eigenvalue weighted by atomic mass is 35.5. The first-order chi connectivity index (χ1) is 9.93. The predicted molar refractivity (Wildman–Crippen MR) is 81.1 cm³/mol. The average Bonchev–Trinajstić information content (AvgIpc) is 2.45. The van der Waals surface area contributed by atoms with E-state index in [1.54, 1.807) is 26.0 Å². The molecule has 0 aliphatic rings. The fourth-order valence-corrected chi connectivity index (χ4v) is 2.16. The van der Waals surface area contributed by atoms with E-state index < -0.39 is 11.7 Å². The van der Waals surface area contributed by atoms with Gasteiger partial charge in [0.25, 0.3) is 5.56 Å². The Kier molecular flexibility index (Phi) is 4.65. The van der Waals surface area contributed by atoms with Crippen LogP contribution in [0.1, 0.15) is 12.5 Å². The number of hydrogen-bond acceptors (Lipinski definition) is 4. The molecule has 0 radical (unpaired) electrons. The fourth-order valence-electron chi connectivity index (χ4n) is 1.67. The van der Waals surface area contributed by atoms with E-state index >= 15 is 0 Å². The van der Waals surface area contributed by atoms with Crippen LogP contribution < -0.4 is 5.56 Å². The lowest BCUT2D eigenvalue weighted by molar-refractivity contribution is 0.149. The van der Waals surface area contributed by atoms with E-state index in [1.165, 1.54) is 12.1 Å². The van der Waals surface area contributed by atoms with Crippen LogP contribution in [0.15, 0.2) is 29.1 Å². The first kappa shape index (κ1) is 15.5. The number of nitrogens with zero attached hydrogens (tertiary/aromatic N) is 2. The fraction of sp³-hybridized carbons (Fsp3) is 0.214. The Labute approximate surface area is 131 Å². The van der Waals surface area contributed by atoms with Crippen LogP contribution in [0.4, 0.5) is 4.79 Å². The van der Waals surface area contributed by atoms with Crippen molar-refractivity contribution in [2.24, 2.45) is 0 Å². The topological polar surface area (TPSA) is 61.2 Å². The van der Waals surface area contributed by atoms with Gasteiger partial charge >= 0.3 is 6.09 Å². The monoisotopic (exact) mass is 326 g/mol. The van der Waals surface area contributed by atoms with Crippen molar-refractivity contribution in [3.63, 3.8) is 0 Å². The lowest BCUT2D eigenvalue weighted by Gasteiger charge is -2.08. The molecular formula is C14H12Cl2N2O3. The van der Waals surface area contributed by atoms with Gasteiger partial charge < -0.3 is 4.74 Å². The standard InChI is InChI=1S/C14H12Cl2N2O3/c1-3-21-14(20)18-13(19)5-4-12(17-18)9-6-10(15)8(2)11(16)7-9/h4-7H,3H2,1-2H3. The summed E-state index contributed by atoms with van der Waals surface area (Å²) in [5, 5.41) is 4.94. The summed E-state index contributed by atoms with van der Waals surface area (Å²) in [4.78, 5) is 23.3. The van der Waals surface area contributed by atoms with E-state index in [-0.39, 0.29) is 6.61 Å². The maximum absolute atomic E-state index is 11.7. The molecule has 0 N–H and O–H groups in total. The Bertz CT molecular complexity index is 733. The van der Waals surface area contributed by atoms with Crippen LogP contribution in [-0.4, -0.2) is 22.5 Å². The van der Waals surface area contributed by atoms with Crippen LogP contribution in [0.25, 0.3) is 11.3 Å². The molecule has 0 fully saturated rings. The van der Waals surface area contributed by atoms with Crippen LogP contribution in [-0.2, 0) is 4.74 Å². The summed E-state index contributed by atoms with van der Waals surface area (Å²) in [6.07, 6.45) is -0.825. The van der Waals surface area contributed by atoms with Crippen molar-refractivity contribution in [2.75, 3.05) is 6.61 Å². The zero-order valence-corrected chi connectivity index (χ0v) is 12.9. The molecule has 21 heavy (non-hydrogen) atoms. The molecule has 0 aliphatic carbocycles. The lowest BCUT2D eigenvalue weighted by atomic mass is 10.1. The number of hydrogen-bond donors (Lipinski definition) is 0. The molecule has 110 valence electrons. The minimum Gasteiger partial charge on any atom is -0.448 e. The smallest absolute Gasteiger partial charge is 0.438 e. The second kappa shape index (κ2) is 6.28. The molecule has 1 aromatic heterocycles. The van der Waals surface area contributed by atoms with Crippen LogP contribution in [0.5, 0.6) is 0 Å². The summed E-state index contributed by atoms with van der Waals surface area (Å²) in [5.41, 5.74) is 1.18. The number of aromatic nitrogens is 2. The van der Waals surface area contributed by atoms with Gasteiger partial charge in [-0.1, -0.05) is 23.2 Å². The molecule has 5 nitrogen and oxygen atoms in total. The summed E-state index contributed by atoms with van der Waals surface area (Å²) in [6, 6.07) is 6.08. The zero-order valence-electron chi connectivity index (χ0n) is 11.4. The molecule has 0 atom stereocenters. The third kappa shape index (κ3) is 3.25. The van der Waals surface area contributed by atoms with Crippen LogP contribution in [0.3, 0.4) is 0 Å². The minimum atomic E-state index is -0.825. The van der Waals surface area contributed by atoms with Crippen molar-refractivity contribution >= 4 is 29.3 Å². The number of carbonyl (C=O) groups is 1. The van der Waals surface area contributed by atoms with E-state index in [9.17, 15) is 9.59 Å². The zero-order chi connectivity index (χ0) is 15.6. The second-order valence-corrected chi connectivity index (χ2v) is 5.05. The molecule has 1 aromatic carbocycles. The van der Waals surface area contributed by atoms with Crippen molar-refractivity contribution in [3.8, 4) is 11.3 Å². The lowest BCUT2D eigenvalue weighted by Crippen LogP contribution is -2.29. The Morgan fingerprint density at radius 3 is 2.48 bits per heavy atom. The third-order valence-electron chi connectivity index (χ3n) is 2.82. The van der Waals surface area contributed by atoms with Crippen molar-refractivity contribution in [3.05, 3.63) is 50.2 Å². The van der Waals surface area contributed by atoms with Gasteiger partial charge in [-0.05, 0) is 37.6 Å². The molecule has 7 heteroatoms. The predicted octanol–water partition coefficient (Wildman–Crippen LogP) is 3.53. The van der Waals surface area contributed by atoms with E-state index in [4.69, 9.17) is 27.9 Å². The molecule has 0 unspecified atom stereocenters. The number of benzene rings is 1. The second-order valence-electron chi connectivity index (χ2n) is 4.23. The highest BCUT2D eigenvalue weighted by molar-refractivity contribution is 6.36. The molecule has 0 amide bonds. The van der Waals surface area contributed by atoms with Crippen molar-refractivity contribution in [1.82, 2.24) is 9.78 Å². The Morgan fingerprint density at radius 2 is 1.90 bits per heavy atom. The van der Waals surface area contributed by atoms with Gasteiger partial charge in [0.15, 0.2) is 0 Å². The summed E-state index contributed by atoms with van der Waals surface area (Å²) >= 11 is 12.2. The molecule has 0 aliphatic heterocycles. The summed E-state index contributed by atoms with van der Waals surface area (Å²) in [7, 11) is 0. The number of ether oxygens (including phenoxy) is 1. The van der Waals surface area contributed by atoms with Gasteiger partial charge in [-0.3, -0.25) is 4.79 Å². The normalized spacial score (nSPS) is 10.5. The summed E-state index contributed by atoms with van der Waals surface area (Å²) < 4.78 is 5.44. The highest BCUT2D eigenvalue weighted by Gasteiger charge is 2.13. The molecule has 1 heterocycles. The highest BCUT2D eigenvalue weighted by Crippen LogP contribution is 2.29. The quantitative estimate of drug-likeness (QED) is 0.846. The summed E-state index contributed by atoms with van der Waals surface area (Å²) in [6.45, 7) is 3.59. The minimum absolute atomic E-state index is 0.152. The van der Waals surface area contributed by atoms with Gasteiger partial charge in [0, 0.05) is 21.7 Å².